The maximum Gasteiger partial charge on any atom is 0.127 e. The number of para-hydroxylation sites is 2. The minimum atomic E-state index is 0.275. The van der Waals surface area contributed by atoms with Crippen LogP contribution in [0, 0.1) is 0 Å². The van der Waals surface area contributed by atoms with Gasteiger partial charge < -0.3 is 5.11 Å². The molecule has 2 heteroatoms. The van der Waals surface area contributed by atoms with E-state index in [2.05, 4.69) is 11.6 Å². The smallest absolute Gasteiger partial charge is 0.127 e. The number of phenols is 1. The minimum Gasteiger partial charge on any atom is -0.507 e. The van der Waals surface area contributed by atoms with Gasteiger partial charge in [-0.3, -0.25) is 4.99 Å². The lowest BCUT2D eigenvalue weighted by Gasteiger charge is -2.04. The second-order valence-corrected chi connectivity index (χ2v) is 3.94. The highest BCUT2D eigenvalue weighted by atomic mass is 16.3. The lowest BCUT2D eigenvalue weighted by atomic mass is 10.1. The average Bonchev–Trinajstić information content (AvgIpc) is 2.41. The van der Waals surface area contributed by atoms with Crippen molar-refractivity contribution in [2.45, 2.75) is 6.42 Å². The summed E-state index contributed by atoms with van der Waals surface area (Å²) in [5.74, 6) is 0.275. The van der Waals surface area contributed by atoms with Crippen LogP contribution in [0.15, 0.2) is 66.2 Å². The number of hydrogen-bond acceptors (Lipinski definition) is 2. The van der Waals surface area contributed by atoms with Gasteiger partial charge >= 0.3 is 0 Å². The van der Waals surface area contributed by atoms with Crippen LogP contribution in [-0.2, 0) is 6.42 Å². The van der Waals surface area contributed by atoms with Crippen molar-refractivity contribution in [3.8, 4) is 5.75 Å². The summed E-state index contributed by atoms with van der Waals surface area (Å²) >= 11 is 0. The van der Waals surface area contributed by atoms with Gasteiger partial charge in [0.25, 0.3) is 0 Å². The molecule has 0 spiro atoms. The first-order valence-electron chi connectivity index (χ1n) is 5.82. The Balaban J connectivity index is 2.27. The number of benzene rings is 2. The Morgan fingerprint density at radius 3 is 2.56 bits per heavy atom. The van der Waals surface area contributed by atoms with E-state index in [-0.39, 0.29) is 5.75 Å². The summed E-state index contributed by atoms with van der Waals surface area (Å²) in [7, 11) is 0. The van der Waals surface area contributed by atoms with Gasteiger partial charge in [-0.2, -0.15) is 0 Å². The molecule has 2 aromatic carbocycles. The monoisotopic (exact) mass is 237 g/mol. The van der Waals surface area contributed by atoms with Crippen LogP contribution in [0.3, 0.4) is 0 Å². The molecule has 0 saturated carbocycles. The first kappa shape index (κ1) is 12.1. The van der Waals surface area contributed by atoms with Crippen molar-refractivity contribution in [3.63, 3.8) is 0 Å². The van der Waals surface area contributed by atoms with Crippen molar-refractivity contribution in [1.29, 1.82) is 0 Å². The van der Waals surface area contributed by atoms with Crippen LogP contribution < -0.4 is 0 Å². The number of aromatic hydroxyl groups is 1. The average molecular weight is 237 g/mol. The van der Waals surface area contributed by atoms with Crippen LogP contribution in [0.25, 0.3) is 0 Å². The van der Waals surface area contributed by atoms with Crippen molar-refractivity contribution in [1.82, 2.24) is 0 Å². The van der Waals surface area contributed by atoms with Gasteiger partial charge in [0.2, 0.25) is 0 Å². The van der Waals surface area contributed by atoms with Crippen molar-refractivity contribution in [2.24, 2.45) is 4.99 Å². The number of rotatable bonds is 4. The Labute approximate surface area is 107 Å². The molecule has 0 heterocycles. The highest BCUT2D eigenvalue weighted by Crippen LogP contribution is 2.22. The fourth-order valence-corrected chi connectivity index (χ4v) is 1.69. The third kappa shape index (κ3) is 2.86. The normalized spacial score (nSPS) is 10.7. The third-order valence-electron chi connectivity index (χ3n) is 2.62. The van der Waals surface area contributed by atoms with Gasteiger partial charge in [-0.05, 0) is 30.2 Å². The summed E-state index contributed by atoms with van der Waals surface area (Å²) in [4.78, 5) is 4.33. The van der Waals surface area contributed by atoms with Crippen LogP contribution in [0.4, 0.5) is 5.69 Å². The molecule has 0 aliphatic heterocycles. The quantitative estimate of drug-likeness (QED) is 0.635. The van der Waals surface area contributed by atoms with E-state index in [0.717, 1.165) is 16.8 Å². The molecule has 0 aliphatic carbocycles. The molecule has 2 aromatic rings. The largest absolute Gasteiger partial charge is 0.507 e. The standard InChI is InChI=1S/C16H15NO/c1-2-7-13-8-6-9-14(16(13)18)12-17-15-10-4-3-5-11-15/h2-6,8-12,18H,1,7H2. The lowest BCUT2D eigenvalue weighted by molar-refractivity contribution is 0.469. The molecule has 0 aromatic heterocycles. The van der Waals surface area contributed by atoms with Gasteiger partial charge in [0.15, 0.2) is 0 Å². The molecule has 0 atom stereocenters. The van der Waals surface area contributed by atoms with Crippen LogP contribution in [0.1, 0.15) is 11.1 Å². The van der Waals surface area contributed by atoms with Crippen LogP contribution in [0.5, 0.6) is 5.75 Å². The molecule has 0 radical (unpaired) electrons. The predicted octanol–water partition coefficient (Wildman–Crippen LogP) is 3.87. The highest BCUT2D eigenvalue weighted by molar-refractivity contribution is 5.85. The number of aliphatic imine (C=N–C) groups is 1. The number of hydrogen-bond donors (Lipinski definition) is 1. The van der Waals surface area contributed by atoms with Crippen molar-refractivity contribution < 1.29 is 5.11 Å². The van der Waals surface area contributed by atoms with Crippen LogP contribution in [0.2, 0.25) is 0 Å². The van der Waals surface area contributed by atoms with E-state index in [1.54, 1.807) is 12.3 Å². The Morgan fingerprint density at radius 2 is 1.83 bits per heavy atom. The van der Waals surface area contributed by atoms with E-state index < -0.39 is 0 Å². The van der Waals surface area contributed by atoms with Gasteiger partial charge in [-0.25, -0.2) is 0 Å². The summed E-state index contributed by atoms with van der Waals surface area (Å²) in [5.41, 5.74) is 2.45. The Hall–Kier alpha value is -2.35. The molecule has 0 bridgehead atoms. The highest BCUT2D eigenvalue weighted by Gasteiger charge is 2.03. The summed E-state index contributed by atoms with van der Waals surface area (Å²) < 4.78 is 0. The Morgan fingerprint density at radius 1 is 1.06 bits per heavy atom. The zero-order valence-electron chi connectivity index (χ0n) is 10.1. The summed E-state index contributed by atoms with van der Waals surface area (Å²) in [5, 5.41) is 10.1. The van der Waals surface area contributed by atoms with E-state index in [9.17, 15) is 5.11 Å². The van der Waals surface area contributed by atoms with E-state index >= 15 is 0 Å². The Kier molecular flexibility index (Phi) is 3.92. The summed E-state index contributed by atoms with van der Waals surface area (Å²) in [6.45, 7) is 3.68. The van der Waals surface area contributed by atoms with Crippen molar-refractivity contribution in [2.75, 3.05) is 0 Å². The zero-order chi connectivity index (χ0) is 12.8. The maximum absolute atomic E-state index is 10.1. The van der Waals surface area contributed by atoms with E-state index in [1.807, 2.05) is 48.5 Å². The van der Waals surface area contributed by atoms with Gasteiger partial charge in [0.05, 0.1) is 5.69 Å². The fourth-order valence-electron chi connectivity index (χ4n) is 1.69. The molecule has 0 unspecified atom stereocenters. The zero-order valence-corrected chi connectivity index (χ0v) is 10.1. The van der Waals surface area contributed by atoms with Gasteiger partial charge in [0, 0.05) is 11.8 Å². The topological polar surface area (TPSA) is 32.6 Å². The van der Waals surface area contributed by atoms with Crippen LogP contribution in [-0.4, -0.2) is 11.3 Å². The lowest BCUT2D eigenvalue weighted by Crippen LogP contribution is -1.88. The predicted molar refractivity (Wildman–Crippen MR) is 75.7 cm³/mol. The molecular formula is C16H15NO. The van der Waals surface area contributed by atoms with E-state index in [4.69, 9.17) is 0 Å². The second-order valence-electron chi connectivity index (χ2n) is 3.94. The van der Waals surface area contributed by atoms with Gasteiger partial charge in [-0.1, -0.05) is 36.4 Å². The van der Waals surface area contributed by atoms with Gasteiger partial charge in [0.1, 0.15) is 5.75 Å². The molecule has 2 nitrogen and oxygen atoms in total. The first-order valence-corrected chi connectivity index (χ1v) is 5.82. The molecule has 0 fully saturated rings. The minimum absolute atomic E-state index is 0.275. The first-order chi connectivity index (χ1) is 8.81. The second kappa shape index (κ2) is 5.82. The molecule has 0 amide bonds. The summed E-state index contributed by atoms with van der Waals surface area (Å²) in [6.07, 6.45) is 4.10. The maximum atomic E-state index is 10.1. The molecule has 18 heavy (non-hydrogen) atoms. The van der Waals surface area contributed by atoms with Gasteiger partial charge in [-0.15, -0.1) is 6.58 Å². The fraction of sp³-hybridized carbons (Fsp3) is 0.0625. The Bertz CT molecular complexity index is 559. The molecule has 1 N–H and O–H groups in total. The van der Waals surface area contributed by atoms with E-state index in [0.29, 0.717) is 6.42 Å². The molecule has 2 rings (SSSR count). The third-order valence-corrected chi connectivity index (χ3v) is 2.62. The molecular weight excluding hydrogens is 222 g/mol. The molecule has 0 saturated heterocycles. The SMILES string of the molecule is C=CCc1cccc(C=Nc2ccccc2)c1O. The van der Waals surface area contributed by atoms with E-state index in [1.165, 1.54) is 0 Å². The molecule has 0 aliphatic rings. The number of allylic oxidation sites excluding steroid dienone is 1. The van der Waals surface area contributed by atoms with Crippen molar-refractivity contribution in [3.05, 3.63) is 72.3 Å². The number of nitrogens with zero attached hydrogens (tertiary/aromatic N) is 1. The van der Waals surface area contributed by atoms with Crippen molar-refractivity contribution >= 4 is 11.9 Å². The molecule has 90 valence electrons. The summed E-state index contributed by atoms with van der Waals surface area (Å²) in [6, 6.07) is 15.3. The number of phenolic OH excluding ortho intramolecular Hbond substituents is 1. The van der Waals surface area contributed by atoms with Crippen LogP contribution >= 0.6 is 0 Å².